The Balaban J connectivity index is 1.99. The highest BCUT2D eigenvalue weighted by molar-refractivity contribution is 6.54. The highest BCUT2D eigenvalue weighted by atomic mass is 35.5. The fraction of sp³-hybridized carbons (Fsp3) is 0.250. The Morgan fingerprint density at radius 3 is 2.60 bits per heavy atom. The van der Waals surface area contributed by atoms with Gasteiger partial charge < -0.3 is 9.74 Å². The first-order valence-electron chi connectivity index (χ1n) is 8.99. The smallest absolute Gasteiger partial charge is 0.317 e. The number of benzene rings is 2. The lowest BCUT2D eigenvalue weighted by molar-refractivity contribution is -0.384. The van der Waals surface area contributed by atoms with Gasteiger partial charge in [0.05, 0.1) is 23.6 Å². The van der Waals surface area contributed by atoms with Gasteiger partial charge >= 0.3 is 5.97 Å². The molecule has 0 saturated carbocycles. The van der Waals surface area contributed by atoms with Crippen LogP contribution in [0.2, 0.25) is 10.0 Å². The van der Waals surface area contributed by atoms with Crippen LogP contribution in [0.15, 0.2) is 41.6 Å². The van der Waals surface area contributed by atoms with Crippen molar-refractivity contribution in [1.29, 1.82) is 0 Å². The van der Waals surface area contributed by atoms with Crippen LogP contribution in [0.5, 0.6) is 0 Å². The van der Waals surface area contributed by atoms with E-state index in [-0.39, 0.29) is 35.8 Å². The minimum atomic E-state index is -0.600. The summed E-state index contributed by atoms with van der Waals surface area (Å²) < 4.78 is 0. The number of hydrogen-bond acceptors (Lipinski definition) is 6. The van der Waals surface area contributed by atoms with Crippen LogP contribution in [-0.2, 0) is 21.0 Å². The number of nitro benzene ring substituents is 1. The molecular weight excluding hydrogens is 433 g/mol. The first-order chi connectivity index (χ1) is 14.2. The number of nitro groups is 1. The average Bonchev–Trinajstić information content (AvgIpc) is 2.92. The van der Waals surface area contributed by atoms with E-state index in [0.717, 1.165) is 0 Å². The van der Waals surface area contributed by atoms with Gasteiger partial charge in [0, 0.05) is 27.7 Å². The third-order valence-corrected chi connectivity index (χ3v) is 4.93. The molecule has 1 aliphatic rings. The summed E-state index contributed by atoms with van der Waals surface area (Å²) in [6.07, 6.45) is 0.122. The van der Waals surface area contributed by atoms with Gasteiger partial charge in [-0.05, 0) is 29.7 Å². The van der Waals surface area contributed by atoms with Crippen LogP contribution in [0, 0.1) is 16.0 Å². The molecule has 1 amide bonds. The van der Waals surface area contributed by atoms with Crippen molar-refractivity contribution in [3.63, 3.8) is 0 Å². The molecule has 8 nitrogen and oxygen atoms in total. The summed E-state index contributed by atoms with van der Waals surface area (Å²) in [5.74, 6) is -1.11. The summed E-state index contributed by atoms with van der Waals surface area (Å²) in [5, 5.41) is 15.7. The van der Waals surface area contributed by atoms with E-state index >= 15 is 0 Å². The fourth-order valence-electron chi connectivity index (χ4n) is 2.95. The Morgan fingerprint density at radius 1 is 1.23 bits per heavy atom. The summed E-state index contributed by atoms with van der Waals surface area (Å²) >= 11 is 12.1. The van der Waals surface area contributed by atoms with E-state index in [1.807, 2.05) is 13.8 Å². The van der Waals surface area contributed by atoms with Crippen molar-refractivity contribution in [2.75, 3.05) is 4.90 Å². The van der Waals surface area contributed by atoms with Crippen molar-refractivity contribution in [2.45, 2.75) is 26.8 Å². The molecule has 2 aromatic rings. The van der Waals surface area contributed by atoms with Gasteiger partial charge in [-0.15, -0.1) is 0 Å². The lowest BCUT2D eigenvalue weighted by atomic mass is 10.1. The molecule has 0 radical (unpaired) electrons. The molecule has 3 rings (SSSR count). The molecule has 156 valence electrons. The van der Waals surface area contributed by atoms with Crippen LogP contribution < -0.4 is 4.90 Å². The maximum atomic E-state index is 13.0. The second-order valence-electron chi connectivity index (χ2n) is 7.09. The van der Waals surface area contributed by atoms with E-state index in [0.29, 0.717) is 21.3 Å². The molecule has 2 aromatic carbocycles. The van der Waals surface area contributed by atoms with Gasteiger partial charge in [-0.3, -0.25) is 14.9 Å². The Bertz CT molecular complexity index is 1070. The van der Waals surface area contributed by atoms with Gasteiger partial charge in [0.15, 0.2) is 5.71 Å². The summed E-state index contributed by atoms with van der Waals surface area (Å²) in [6, 6.07) is 8.84. The van der Waals surface area contributed by atoms with E-state index < -0.39 is 16.8 Å². The number of hydrogen-bond donors (Lipinski definition) is 0. The second-order valence-corrected chi connectivity index (χ2v) is 7.93. The predicted octanol–water partition coefficient (Wildman–Crippen LogP) is 4.74. The number of non-ortho nitro benzene ring substituents is 1. The Kier molecular flexibility index (Phi) is 6.38. The van der Waals surface area contributed by atoms with Crippen molar-refractivity contribution in [2.24, 2.45) is 11.1 Å². The molecule has 0 N–H and O–H groups in total. The second kappa shape index (κ2) is 8.81. The quantitative estimate of drug-likeness (QED) is 0.359. The van der Waals surface area contributed by atoms with Gasteiger partial charge in [0.2, 0.25) is 0 Å². The zero-order valence-electron chi connectivity index (χ0n) is 16.1. The molecule has 0 saturated heterocycles. The van der Waals surface area contributed by atoms with E-state index in [1.165, 1.54) is 23.1 Å². The third-order valence-electron chi connectivity index (χ3n) is 4.34. The molecular formula is C20H17Cl2N3O5. The SMILES string of the molecule is CC(C)CC(=O)O/N=C1\C(=O)N(Cc2ccc(Cl)cc2Cl)c2ccc([N+](=O)[O-])cc21. The molecule has 0 bridgehead atoms. The summed E-state index contributed by atoms with van der Waals surface area (Å²) in [5.41, 5.74) is 0.828. The number of halogens is 2. The lowest BCUT2D eigenvalue weighted by Gasteiger charge is -2.17. The molecule has 0 unspecified atom stereocenters. The van der Waals surface area contributed by atoms with E-state index in [9.17, 15) is 19.7 Å². The number of nitrogens with zero attached hydrogens (tertiary/aromatic N) is 3. The lowest BCUT2D eigenvalue weighted by Crippen LogP contribution is -2.30. The minimum Gasteiger partial charge on any atom is -0.317 e. The van der Waals surface area contributed by atoms with Crippen molar-refractivity contribution in [1.82, 2.24) is 0 Å². The van der Waals surface area contributed by atoms with Gasteiger partial charge in [0.25, 0.3) is 11.6 Å². The van der Waals surface area contributed by atoms with Crippen molar-refractivity contribution in [3.05, 3.63) is 67.7 Å². The Labute approximate surface area is 182 Å². The van der Waals surface area contributed by atoms with Crippen LogP contribution in [-0.4, -0.2) is 22.5 Å². The monoisotopic (exact) mass is 449 g/mol. The highest BCUT2D eigenvalue weighted by Gasteiger charge is 2.36. The maximum Gasteiger partial charge on any atom is 0.335 e. The number of carbonyl (C=O) groups excluding carboxylic acids is 2. The number of fused-ring (bicyclic) bond motifs is 1. The molecule has 0 spiro atoms. The number of rotatable bonds is 6. The molecule has 30 heavy (non-hydrogen) atoms. The molecule has 0 aliphatic carbocycles. The number of amides is 1. The van der Waals surface area contributed by atoms with Gasteiger partial charge in [-0.2, -0.15) is 0 Å². The van der Waals surface area contributed by atoms with Crippen LogP contribution in [0.25, 0.3) is 0 Å². The third kappa shape index (κ3) is 4.60. The topological polar surface area (TPSA) is 102 Å². The molecule has 0 aromatic heterocycles. The Morgan fingerprint density at radius 2 is 1.97 bits per heavy atom. The maximum absolute atomic E-state index is 13.0. The summed E-state index contributed by atoms with van der Waals surface area (Å²) in [4.78, 5) is 41.7. The van der Waals surface area contributed by atoms with Crippen LogP contribution in [0.4, 0.5) is 11.4 Å². The standard InChI is InChI=1S/C20H17Cl2N3O5/c1-11(2)7-18(26)30-23-19-15-9-14(25(28)29)5-6-17(15)24(20(19)27)10-12-3-4-13(21)8-16(12)22/h3-6,8-9,11H,7,10H2,1-2H3/b23-19-. The molecule has 0 fully saturated rings. The summed E-state index contributed by atoms with van der Waals surface area (Å²) in [6.45, 7) is 3.76. The van der Waals surface area contributed by atoms with Gasteiger partial charge in [0.1, 0.15) is 0 Å². The van der Waals surface area contributed by atoms with Crippen LogP contribution >= 0.6 is 23.2 Å². The molecule has 10 heteroatoms. The summed E-state index contributed by atoms with van der Waals surface area (Å²) in [7, 11) is 0. The average molecular weight is 450 g/mol. The zero-order valence-corrected chi connectivity index (χ0v) is 17.6. The van der Waals surface area contributed by atoms with E-state index in [2.05, 4.69) is 5.16 Å². The van der Waals surface area contributed by atoms with E-state index in [1.54, 1.807) is 18.2 Å². The first-order valence-corrected chi connectivity index (χ1v) is 9.75. The zero-order chi connectivity index (χ0) is 22.0. The molecule has 1 aliphatic heterocycles. The van der Waals surface area contributed by atoms with E-state index in [4.69, 9.17) is 28.0 Å². The Hall–Kier alpha value is -2.97. The van der Waals surface area contributed by atoms with Crippen LogP contribution in [0.3, 0.4) is 0 Å². The van der Waals surface area contributed by atoms with Crippen molar-refractivity contribution in [3.8, 4) is 0 Å². The van der Waals surface area contributed by atoms with Crippen molar-refractivity contribution >= 4 is 52.2 Å². The number of oxime groups is 1. The first kappa shape index (κ1) is 21.7. The highest BCUT2D eigenvalue weighted by Crippen LogP contribution is 2.35. The van der Waals surface area contributed by atoms with Gasteiger partial charge in [-0.25, -0.2) is 4.79 Å². The molecule has 0 atom stereocenters. The largest absolute Gasteiger partial charge is 0.335 e. The number of anilines is 1. The van der Waals surface area contributed by atoms with Gasteiger partial charge in [-0.1, -0.05) is 48.3 Å². The number of carbonyl (C=O) groups is 2. The molecule has 1 heterocycles. The fourth-order valence-corrected chi connectivity index (χ4v) is 3.42. The van der Waals surface area contributed by atoms with Crippen LogP contribution in [0.1, 0.15) is 31.4 Å². The predicted molar refractivity (Wildman–Crippen MR) is 113 cm³/mol. The normalized spacial score (nSPS) is 14.4. The minimum absolute atomic E-state index is 0.0499. The van der Waals surface area contributed by atoms with Crippen molar-refractivity contribution < 1.29 is 19.3 Å².